The third-order valence-electron chi connectivity index (χ3n) is 1.57. The molecule has 62 valence electrons. The lowest BCUT2D eigenvalue weighted by Gasteiger charge is -1.92. The van der Waals surface area contributed by atoms with Crippen molar-refractivity contribution in [2.45, 2.75) is 0 Å². The van der Waals surface area contributed by atoms with Crippen molar-refractivity contribution >= 4 is 26.8 Å². The molecule has 1 N–H and O–H groups in total. The van der Waals surface area contributed by atoms with Gasteiger partial charge >= 0.3 is 0 Å². The molecule has 0 unspecified atom stereocenters. The zero-order chi connectivity index (χ0) is 8.55. The Balaban J connectivity index is 2.73. The van der Waals surface area contributed by atoms with Gasteiger partial charge in [0.1, 0.15) is 4.60 Å². The Morgan fingerprint density at radius 3 is 3.17 bits per heavy atom. The number of aromatic amines is 1. The van der Waals surface area contributed by atoms with Crippen LogP contribution in [0, 0.1) is 0 Å². The summed E-state index contributed by atoms with van der Waals surface area (Å²) >= 11 is 3.26. The van der Waals surface area contributed by atoms with Crippen LogP contribution < -0.4 is 4.74 Å². The second-order valence-electron chi connectivity index (χ2n) is 2.29. The summed E-state index contributed by atoms with van der Waals surface area (Å²) in [5.74, 6) is 0.574. The number of rotatable bonds is 1. The SMILES string of the molecule is COc1n[nH]c2cc(Br)ncc12. The van der Waals surface area contributed by atoms with Crippen molar-refractivity contribution in [3.05, 3.63) is 16.9 Å². The van der Waals surface area contributed by atoms with Crippen molar-refractivity contribution in [3.8, 4) is 5.88 Å². The van der Waals surface area contributed by atoms with Gasteiger partial charge < -0.3 is 4.74 Å². The summed E-state index contributed by atoms with van der Waals surface area (Å²) in [4.78, 5) is 4.06. The van der Waals surface area contributed by atoms with E-state index in [1.165, 1.54) is 0 Å². The summed E-state index contributed by atoms with van der Waals surface area (Å²) in [6, 6.07) is 1.85. The monoisotopic (exact) mass is 227 g/mol. The van der Waals surface area contributed by atoms with Crippen LogP contribution in [0.5, 0.6) is 5.88 Å². The molecule has 0 radical (unpaired) electrons. The van der Waals surface area contributed by atoms with Crippen LogP contribution in [0.25, 0.3) is 10.9 Å². The highest BCUT2D eigenvalue weighted by Crippen LogP contribution is 2.22. The molecule has 0 aliphatic rings. The molecule has 12 heavy (non-hydrogen) atoms. The van der Waals surface area contributed by atoms with Crippen LogP contribution in [0.4, 0.5) is 0 Å². The molecule has 2 aromatic heterocycles. The number of hydrogen-bond donors (Lipinski definition) is 1. The van der Waals surface area contributed by atoms with Crippen LogP contribution in [0.3, 0.4) is 0 Å². The zero-order valence-corrected chi connectivity index (χ0v) is 7.92. The highest BCUT2D eigenvalue weighted by molar-refractivity contribution is 9.10. The van der Waals surface area contributed by atoms with E-state index in [-0.39, 0.29) is 0 Å². The number of aromatic nitrogens is 3. The number of hydrogen-bond acceptors (Lipinski definition) is 3. The van der Waals surface area contributed by atoms with Gasteiger partial charge in [0.05, 0.1) is 18.0 Å². The van der Waals surface area contributed by atoms with Crippen molar-refractivity contribution in [2.75, 3.05) is 7.11 Å². The van der Waals surface area contributed by atoms with Gasteiger partial charge in [0, 0.05) is 6.20 Å². The zero-order valence-electron chi connectivity index (χ0n) is 6.34. The van der Waals surface area contributed by atoms with E-state index in [9.17, 15) is 0 Å². The molecule has 0 aliphatic carbocycles. The van der Waals surface area contributed by atoms with Crippen LogP contribution in [-0.2, 0) is 0 Å². The number of halogens is 1. The molecule has 0 bridgehead atoms. The second kappa shape index (κ2) is 2.75. The maximum atomic E-state index is 5.01. The molecule has 5 heteroatoms. The van der Waals surface area contributed by atoms with E-state index >= 15 is 0 Å². The normalized spacial score (nSPS) is 10.5. The Morgan fingerprint density at radius 2 is 2.42 bits per heavy atom. The van der Waals surface area contributed by atoms with Gasteiger partial charge in [-0.1, -0.05) is 0 Å². The van der Waals surface area contributed by atoms with Crippen molar-refractivity contribution < 1.29 is 4.74 Å². The highest BCUT2D eigenvalue weighted by Gasteiger charge is 2.05. The fourth-order valence-electron chi connectivity index (χ4n) is 1.02. The molecule has 0 amide bonds. The van der Waals surface area contributed by atoms with Gasteiger partial charge in [-0.3, -0.25) is 5.10 Å². The second-order valence-corrected chi connectivity index (χ2v) is 3.10. The van der Waals surface area contributed by atoms with E-state index in [0.29, 0.717) is 5.88 Å². The molecule has 4 nitrogen and oxygen atoms in total. The molecule has 0 aliphatic heterocycles. The number of nitrogens with one attached hydrogen (secondary N) is 1. The van der Waals surface area contributed by atoms with Crippen LogP contribution in [0.1, 0.15) is 0 Å². The molecule has 0 saturated heterocycles. The van der Waals surface area contributed by atoms with Crippen molar-refractivity contribution in [1.82, 2.24) is 15.2 Å². The molecule has 0 atom stereocenters. The first-order valence-corrected chi connectivity index (χ1v) is 4.14. The summed E-state index contributed by atoms with van der Waals surface area (Å²) < 4.78 is 5.79. The maximum Gasteiger partial charge on any atom is 0.241 e. The topological polar surface area (TPSA) is 50.8 Å². The van der Waals surface area contributed by atoms with Gasteiger partial charge in [0.25, 0.3) is 0 Å². The molecular weight excluding hydrogens is 222 g/mol. The van der Waals surface area contributed by atoms with E-state index in [1.54, 1.807) is 13.3 Å². The lowest BCUT2D eigenvalue weighted by Crippen LogP contribution is -1.82. The molecule has 0 spiro atoms. The van der Waals surface area contributed by atoms with Crippen molar-refractivity contribution in [2.24, 2.45) is 0 Å². The first-order valence-electron chi connectivity index (χ1n) is 3.35. The molecule has 0 saturated carbocycles. The molecular formula is C7H6BrN3O. The summed E-state index contributed by atoms with van der Waals surface area (Å²) in [5.41, 5.74) is 0.911. The van der Waals surface area contributed by atoms with Crippen molar-refractivity contribution in [3.63, 3.8) is 0 Å². The van der Waals surface area contributed by atoms with Gasteiger partial charge in [-0.05, 0) is 22.0 Å². The summed E-state index contributed by atoms with van der Waals surface area (Å²) in [6.45, 7) is 0. The minimum absolute atomic E-state index is 0.574. The standard InChI is InChI=1S/C7H6BrN3O/c1-12-7-4-3-9-6(8)2-5(4)10-11-7/h2-3H,1H3,(H,10,11). The minimum atomic E-state index is 0.574. The molecule has 2 heterocycles. The highest BCUT2D eigenvalue weighted by atomic mass is 79.9. The summed E-state index contributed by atoms with van der Waals surface area (Å²) in [5, 5.41) is 7.67. The quantitative estimate of drug-likeness (QED) is 0.756. The number of ether oxygens (including phenoxy) is 1. The number of methoxy groups -OCH3 is 1. The van der Waals surface area contributed by atoms with Gasteiger partial charge in [-0.25, -0.2) is 4.98 Å². The lowest BCUT2D eigenvalue weighted by molar-refractivity contribution is 0.401. The first kappa shape index (κ1) is 7.54. The van der Waals surface area contributed by atoms with E-state index in [2.05, 4.69) is 31.1 Å². The Bertz CT molecular complexity index is 412. The van der Waals surface area contributed by atoms with E-state index in [0.717, 1.165) is 15.5 Å². The average Bonchev–Trinajstić information content (AvgIpc) is 2.46. The van der Waals surface area contributed by atoms with Crippen LogP contribution in [0.2, 0.25) is 0 Å². The van der Waals surface area contributed by atoms with E-state index in [4.69, 9.17) is 4.74 Å². The number of pyridine rings is 1. The maximum absolute atomic E-state index is 5.01. The fourth-order valence-corrected chi connectivity index (χ4v) is 1.35. The van der Waals surface area contributed by atoms with E-state index < -0.39 is 0 Å². The fraction of sp³-hybridized carbons (Fsp3) is 0.143. The number of H-pyrrole nitrogens is 1. The smallest absolute Gasteiger partial charge is 0.241 e. The Kier molecular flexibility index (Phi) is 1.73. The molecule has 0 aromatic carbocycles. The average molecular weight is 228 g/mol. The van der Waals surface area contributed by atoms with E-state index in [1.807, 2.05) is 6.07 Å². The minimum Gasteiger partial charge on any atom is -0.479 e. The van der Waals surface area contributed by atoms with Crippen LogP contribution in [-0.4, -0.2) is 22.3 Å². The summed E-state index contributed by atoms with van der Waals surface area (Å²) in [7, 11) is 1.58. The Morgan fingerprint density at radius 1 is 1.58 bits per heavy atom. The first-order chi connectivity index (χ1) is 5.81. The predicted octanol–water partition coefficient (Wildman–Crippen LogP) is 1.73. The van der Waals surface area contributed by atoms with Crippen LogP contribution >= 0.6 is 15.9 Å². The molecule has 2 aromatic rings. The van der Waals surface area contributed by atoms with Crippen LogP contribution in [0.15, 0.2) is 16.9 Å². The van der Waals surface area contributed by atoms with Crippen molar-refractivity contribution in [1.29, 1.82) is 0 Å². The lowest BCUT2D eigenvalue weighted by atomic mass is 10.3. The largest absolute Gasteiger partial charge is 0.479 e. The summed E-state index contributed by atoms with van der Waals surface area (Å²) in [6.07, 6.45) is 1.71. The third kappa shape index (κ3) is 1.06. The van der Waals surface area contributed by atoms with Gasteiger partial charge in [-0.2, -0.15) is 0 Å². The Labute approximate surface area is 77.1 Å². The van der Waals surface area contributed by atoms with Gasteiger partial charge in [0.2, 0.25) is 5.88 Å². The Hall–Kier alpha value is -1.10. The predicted molar refractivity (Wildman–Crippen MR) is 48.1 cm³/mol. The number of fused-ring (bicyclic) bond motifs is 1. The third-order valence-corrected chi connectivity index (χ3v) is 2.01. The molecule has 2 rings (SSSR count). The molecule has 0 fully saturated rings. The van der Waals surface area contributed by atoms with Gasteiger partial charge in [0.15, 0.2) is 0 Å². The number of nitrogens with zero attached hydrogens (tertiary/aromatic N) is 2. The van der Waals surface area contributed by atoms with Gasteiger partial charge in [-0.15, -0.1) is 5.10 Å².